The Bertz CT molecular complexity index is 944. The van der Waals surface area contributed by atoms with Gasteiger partial charge in [0.25, 0.3) is 5.91 Å². The fraction of sp³-hybridized carbons (Fsp3) is 0.600. The van der Waals surface area contributed by atoms with Crippen LogP contribution in [0, 0.1) is 12.8 Å². The van der Waals surface area contributed by atoms with E-state index in [1.807, 2.05) is 11.8 Å². The molecule has 0 radical (unpaired) electrons. The van der Waals surface area contributed by atoms with Gasteiger partial charge >= 0.3 is 5.97 Å². The van der Waals surface area contributed by atoms with Gasteiger partial charge in [0, 0.05) is 19.7 Å². The molecule has 2 atom stereocenters. The summed E-state index contributed by atoms with van der Waals surface area (Å²) in [6.07, 6.45) is 1.02. The lowest BCUT2D eigenvalue weighted by Gasteiger charge is -2.38. The van der Waals surface area contributed by atoms with E-state index >= 15 is 0 Å². The highest BCUT2D eigenvalue weighted by atomic mass is 35.5. The number of rotatable bonds is 8. The molecule has 1 fully saturated rings. The van der Waals surface area contributed by atoms with Gasteiger partial charge in [-0.2, -0.15) is 0 Å². The average Bonchev–Trinajstić information content (AvgIpc) is 3.29. The van der Waals surface area contributed by atoms with Gasteiger partial charge in [-0.1, -0.05) is 43.7 Å². The van der Waals surface area contributed by atoms with E-state index in [0.717, 1.165) is 17.0 Å². The lowest BCUT2D eigenvalue weighted by molar-refractivity contribution is 0.00705. The number of anilines is 1. The Morgan fingerprint density at radius 2 is 2.16 bits per heavy atom. The third-order valence-corrected chi connectivity index (χ3v) is 6.59. The van der Waals surface area contributed by atoms with Crippen molar-refractivity contribution in [3.05, 3.63) is 27.2 Å². The molecule has 2 aromatic heterocycles. The summed E-state index contributed by atoms with van der Waals surface area (Å²) in [4.78, 5) is 37.9. The molecule has 0 aliphatic carbocycles. The minimum absolute atomic E-state index is 0.188. The number of aromatic nitrogens is 3. The number of carbonyl (C=O) groups excluding carboxylic acids is 1. The number of amides is 1. The second kappa shape index (κ2) is 9.97. The molecule has 170 valence electrons. The largest absolute Gasteiger partial charge is 0.477 e. The molecule has 3 rings (SSSR count). The second-order valence-electron chi connectivity index (χ2n) is 8.00. The van der Waals surface area contributed by atoms with E-state index in [0.29, 0.717) is 54.4 Å². The number of aryl methyl sites for hydroxylation is 2. The number of hydrogen-bond acceptors (Lipinski definition) is 7. The minimum Gasteiger partial charge on any atom is -0.477 e. The highest BCUT2D eigenvalue weighted by Crippen LogP contribution is 2.29. The van der Waals surface area contributed by atoms with Gasteiger partial charge in [0.15, 0.2) is 16.1 Å². The summed E-state index contributed by atoms with van der Waals surface area (Å²) in [7, 11) is 0. The molecular weight excluding hydrogens is 442 g/mol. The fourth-order valence-electron chi connectivity index (χ4n) is 3.42. The van der Waals surface area contributed by atoms with Gasteiger partial charge < -0.3 is 25.0 Å². The van der Waals surface area contributed by atoms with Gasteiger partial charge in [-0.05, 0) is 25.7 Å². The molecule has 0 saturated carbocycles. The summed E-state index contributed by atoms with van der Waals surface area (Å²) in [5.41, 5.74) is 1.23. The molecule has 1 aliphatic rings. The van der Waals surface area contributed by atoms with Gasteiger partial charge in [0.1, 0.15) is 4.88 Å². The first-order valence-corrected chi connectivity index (χ1v) is 11.5. The summed E-state index contributed by atoms with van der Waals surface area (Å²) in [5, 5.41) is 13.3. The van der Waals surface area contributed by atoms with E-state index in [9.17, 15) is 14.7 Å². The van der Waals surface area contributed by atoms with Crippen molar-refractivity contribution in [2.45, 2.75) is 52.7 Å². The van der Waals surface area contributed by atoms with E-state index in [-0.39, 0.29) is 28.8 Å². The van der Waals surface area contributed by atoms with Crippen LogP contribution in [0.15, 0.2) is 0 Å². The van der Waals surface area contributed by atoms with Crippen molar-refractivity contribution in [1.82, 2.24) is 20.3 Å². The number of halogens is 1. The zero-order chi connectivity index (χ0) is 22.7. The van der Waals surface area contributed by atoms with Crippen molar-refractivity contribution < 1.29 is 19.4 Å². The number of thiazole rings is 1. The Morgan fingerprint density at radius 1 is 1.42 bits per heavy atom. The van der Waals surface area contributed by atoms with E-state index < -0.39 is 5.97 Å². The monoisotopic (exact) mass is 469 g/mol. The Kier molecular flexibility index (Phi) is 7.55. The molecule has 0 aromatic carbocycles. The van der Waals surface area contributed by atoms with E-state index in [1.54, 1.807) is 6.92 Å². The summed E-state index contributed by atoms with van der Waals surface area (Å²) >= 11 is 7.23. The van der Waals surface area contributed by atoms with E-state index in [1.165, 1.54) is 0 Å². The Balaban J connectivity index is 1.73. The van der Waals surface area contributed by atoms with Crippen molar-refractivity contribution in [3.8, 4) is 0 Å². The van der Waals surface area contributed by atoms with Crippen molar-refractivity contribution in [1.29, 1.82) is 0 Å². The van der Waals surface area contributed by atoms with Gasteiger partial charge in [-0.15, -0.1) is 0 Å². The smallest absolute Gasteiger partial charge is 0.347 e. The average molecular weight is 470 g/mol. The first-order valence-electron chi connectivity index (χ1n) is 10.3. The predicted molar refractivity (Wildman–Crippen MR) is 119 cm³/mol. The van der Waals surface area contributed by atoms with Crippen molar-refractivity contribution in [3.63, 3.8) is 0 Å². The molecule has 3 heterocycles. The Hall–Kier alpha value is -2.17. The summed E-state index contributed by atoms with van der Waals surface area (Å²) < 4.78 is 6.13. The Morgan fingerprint density at radius 3 is 2.74 bits per heavy atom. The molecule has 11 heteroatoms. The highest BCUT2D eigenvalue weighted by molar-refractivity contribution is 7.17. The number of carbonyl (C=O) groups is 2. The number of hydrogen-bond donors (Lipinski definition) is 3. The summed E-state index contributed by atoms with van der Waals surface area (Å²) in [5.74, 6) is -0.770. The Labute approximate surface area is 190 Å². The molecule has 1 saturated heterocycles. The molecular formula is C20H28ClN5O4S. The molecule has 0 bridgehead atoms. The normalized spacial score (nSPS) is 19.1. The van der Waals surface area contributed by atoms with Gasteiger partial charge in [-0.25, -0.2) is 14.8 Å². The van der Waals surface area contributed by atoms with Gasteiger partial charge in [0.05, 0.1) is 23.5 Å². The molecule has 1 amide bonds. The quantitative estimate of drug-likeness (QED) is 0.543. The molecule has 0 spiro atoms. The van der Waals surface area contributed by atoms with Crippen LogP contribution >= 0.6 is 22.9 Å². The number of ether oxygens (including phenoxy) is 1. The zero-order valence-corrected chi connectivity index (χ0v) is 19.6. The van der Waals surface area contributed by atoms with Crippen LogP contribution in [0.4, 0.5) is 5.13 Å². The number of carboxylic acid groups (broad SMARTS) is 1. The lowest BCUT2D eigenvalue weighted by Crippen LogP contribution is -2.55. The number of H-pyrrole nitrogens is 1. The van der Waals surface area contributed by atoms with Crippen molar-refractivity contribution >= 4 is 39.9 Å². The maximum absolute atomic E-state index is 12.7. The van der Waals surface area contributed by atoms with Crippen LogP contribution in [-0.4, -0.2) is 63.8 Å². The molecule has 1 aliphatic heterocycles. The number of nitrogens with zero attached hydrogens (tertiary/aromatic N) is 3. The van der Waals surface area contributed by atoms with Crippen LogP contribution in [0.25, 0.3) is 0 Å². The second-order valence-corrected chi connectivity index (χ2v) is 9.34. The van der Waals surface area contributed by atoms with Crippen molar-refractivity contribution in [2.75, 3.05) is 24.6 Å². The highest BCUT2D eigenvalue weighted by Gasteiger charge is 2.34. The first-order chi connectivity index (χ1) is 14.7. The number of aromatic amines is 1. The fourth-order valence-corrected chi connectivity index (χ4v) is 4.63. The number of carboxylic acids is 1. The number of nitrogens with one attached hydrogen (secondary N) is 2. The summed E-state index contributed by atoms with van der Waals surface area (Å²) in [6, 6.07) is -0.212. The van der Waals surface area contributed by atoms with Crippen LogP contribution in [0.5, 0.6) is 0 Å². The summed E-state index contributed by atoms with van der Waals surface area (Å²) in [6.45, 7) is 9.43. The van der Waals surface area contributed by atoms with Crippen LogP contribution < -0.4 is 10.2 Å². The molecule has 2 aromatic rings. The van der Waals surface area contributed by atoms with Crippen molar-refractivity contribution in [2.24, 2.45) is 5.92 Å². The minimum atomic E-state index is -0.973. The standard InChI is InChI=1S/C20H28ClN5O4S/c1-5-12-16(21)25-17(23-12)18(27)24-13-6-7-26(8-14(13)30-9-10(2)3)20-22-11(4)15(31-20)19(28)29/h10,13-14H,5-9H2,1-4H3,(H,23,25)(H,24,27)(H,28,29). The predicted octanol–water partition coefficient (Wildman–Crippen LogP) is 3.14. The van der Waals surface area contributed by atoms with E-state index in [2.05, 4.69) is 34.1 Å². The third kappa shape index (κ3) is 5.55. The maximum Gasteiger partial charge on any atom is 0.347 e. The number of piperidine rings is 1. The van der Waals surface area contributed by atoms with E-state index in [4.69, 9.17) is 16.3 Å². The molecule has 9 nitrogen and oxygen atoms in total. The van der Waals surface area contributed by atoms with Crippen LogP contribution in [-0.2, 0) is 11.2 Å². The number of imidazole rings is 1. The first kappa shape index (κ1) is 23.5. The molecule has 3 N–H and O–H groups in total. The lowest BCUT2D eigenvalue weighted by atomic mass is 10.0. The maximum atomic E-state index is 12.7. The van der Waals surface area contributed by atoms with Crippen LogP contribution in [0.3, 0.4) is 0 Å². The SMILES string of the molecule is CCc1[nH]c(C(=O)NC2CCN(c3nc(C)c(C(=O)O)s3)CC2OCC(C)C)nc1Cl. The zero-order valence-electron chi connectivity index (χ0n) is 18.1. The molecule has 31 heavy (non-hydrogen) atoms. The molecule has 2 unspecified atom stereocenters. The number of aromatic carboxylic acids is 1. The van der Waals surface area contributed by atoms with Gasteiger partial charge in [0.2, 0.25) is 0 Å². The van der Waals surface area contributed by atoms with Gasteiger partial charge in [-0.3, -0.25) is 4.79 Å². The topological polar surface area (TPSA) is 120 Å². The van der Waals surface area contributed by atoms with Crippen LogP contribution in [0.1, 0.15) is 58.9 Å². The van der Waals surface area contributed by atoms with Crippen LogP contribution in [0.2, 0.25) is 5.15 Å². The third-order valence-electron chi connectivity index (χ3n) is 5.07.